The Labute approximate surface area is 290 Å². The fraction of sp³-hybridized carbons (Fsp3) is 0.216. The highest BCUT2D eigenvalue weighted by atomic mass is 16.7. The van der Waals surface area contributed by atoms with Gasteiger partial charge in [-0.25, -0.2) is 4.79 Å². The molecule has 5 aromatic rings. The van der Waals surface area contributed by atoms with Crippen molar-refractivity contribution in [2.24, 2.45) is 0 Å². The van der Waals surface area contributed by atoms with Gasteiger partial charge >= 0.3 is 20.8 Å². The summed E-state index contributed by atoms with van der Waals surface area (Å²) in [5.74, 6) is -1.38. The van der Waals surface area contributed by atoms with Gasteiger partial charge < -0.3 is 24.6 Å². The number of carbonyl (C=O) groups excluding carboxylic acids is 3. The first-order valence-corrected chi connectivity index (χ1v) is 16.2. The Hall–Kier alpha value is -5.04. The number of hydrogen-bond acceptors (Lipinski definition) is 10. The van der Waals surface area contributed by atoms with E-state index in [2.05, 4.69) is 15.9 Å². The maximum atomic E-state index is 13.4. The zero-order valence-corrected chi connectivity index (χ0v) is 27.8. The molecule has 1 saturated heterocycles. The molecule has 1 aliphatic rings. The zero-order chi connectivity index (χ0) is 35.4. The van der Waals surface area contributed by atoms with Crippen LogP contribution in [0.15, 0.2) is 91.0 Å². The topological polar surface area (TPSA) is 140 Å². The van der Waals surface area contributed by atoms with E-state index in [1.807, 2.05) is 68.7 Å². The van der Waals surface area contributed by atoms with Gasteiger partial charge in [-0.05, 0) is 76.0 Å². The second-order valence-corrected chi connectivity index (χ2v) is 12.5. The molecule has 1 fully saturated rings. The molecule has 6 rings (SSSR count). The van der Waals surface area contributed by atoms with Crippen LogP contribution in [0.2, 0.25) is 0 Å². The van der Waals surface area contributed by atoms with Crippen molar-refractivity contribution >= 4 is 59.6 Å². The van der Waals surface area contributed by atoms with Crippen LogP contribution < -0.4 is 10.1 Å². The summed E-state index contributed by atoms with van der Waals surface area (Å²) < 4.78 is 5.32. The van der Waals surface area contributed by atoms with Gasteiger partial charge in [0.15, 0.2) is 0 Å². The Kier molecular flexibility index (Phi) is 10.6. The average molecular weight is 672 g/mol. The molecule has 1 heterocycles. The highest BCUT2D eigenvalue weighted by Crippen LogP contribution is 2.36. The van der Waals surface area contributed by atoms with E-state index in [1.54, 1.807) is 30.3 Å². The van der Waals surface area contributed by atoms with Crippen molar-refractivity contribution < 1.29 is 38.9 Å². The molecule has 0 atom stereocenters. The molecule has 253 valence electrons. The summed E-state index contributed by atoms with van der Waals surface area (Å²) in [5, 5.41) is 33.5. The van der Waals surface area contributed by atoms with Crippen LogP contribution in [0.25, 0.3) is 21.5 Å². The number of para-hydroxylation sites is 1. The lowest BCUT2D eigenvalue weighted by atomic mass is 9.77. The molecule has 0 aromatic heterocycles. The van der Waals surface area contributed by atoms with E-state index in [1.165, 1.54) is 0 Å². The fourth-order valence-electron chi connectivity index (χ4n) is 6.59. The molecule has 3 N–H and O–H groups in total. The van der Waals surface area contributed by atoms with E-state index in [4.69, 9.17) is 9.49 Å². The Morgan fingerprint density at radius 1 is 0.740 bits per heavy atom. The van der Waals surface area contributed by atoms with E-state index < -0.39 is 24.9 Å². The predicted molar refractivity (Wildman–Crippen MR) is 190 cm³/mol. The van der Waals surface area contributed by atoms with E-state index in [0.29, 0.717) is 50.1 Å². The summed E-state index contributed by atoms with van der Waals surface area (Å²) in [4.78, 5) is 47.2. The smallest absolute Gasteiger partial charge is 0.537 e. The van der Waals surface area contributed by atoms with Gasteiger partial charge in [0, 0.05) is 44.6 Å². The first kappa shape index (κ1) is 34.8. The minimum absolute atomic E-state index is 0.00548. The number of imide groups is 1. The van der Waals surface area contributed by atoms with Crippen LogP contribution in [0.3, 0.4) is 0 Å². The number of carbonyl (C=O) groups is 3. The molecule has 0 spiro atoms. The highest BCUT2D eigenvalue weighted by molar-refractivity contribution is 6.59. The van der Waals surface area contributed by atoms with E-state index in [-0.39, 0.29) is 18.4 Å². The van der Waals surface area contributed by atoms with Gasteiger partial charge in [0.1, 0.15) is 5.75 Å². The average Bonchev–Trinajstić information content (AvgIpc) is 3.42. The third-order valence-corrected chi connectivity index (χ3v) is 8.88. The van der Waals surface area contributed by atoms with Crippen molar-refractivity contribution in [3.63, 3.8) is 0 Å². The van der Waals surface area contributed by atoms with Gasteiger partial charge in [-0.1, -0.05) is 72.8 Å². The van der Waals surface area contributed by atoms with Gasteiger partial charge in [-0.3, -0.25) is 19.4 Å². The van der Waals surface area contributed by atoms with Crippen molar-refractivity contribution in [3.8, 4) is 5.75 Å². The molecule has 0 unspecified atom stereocenters. The molecule has 11 nitrogen and oxygen atoms in total. The molecular formula is C37H36B2N3O8. The zero-order valence-electron chi connectivity index (χ0n) is 27.8. The van der Waals surface area contributed by atoms with Gasteiger partial charge in [0.2, 0.25) is 0 Å². The first-order chi connectivity index (χ1) is 24.1. The van der Waals surface area contributed by atoms with Crippen LogP contribution in [0, 0.1) is 0 Å². The monoisotopic (exact) mass is 672 g/mol. The van der Waals surface area contributed by atoms with Gasteiger partial charge in [0.05, 0.1) is 5.56 Å². The normalized spacial score (nSPS) is 13.1. The van der Waals surface area contributed by atoms with E-state index in [0.717, 1.165) is 43.8 Å². The number of amides is 2. The maximum Gasteiger partial charge on any atom is 0.569 e. The molecular weight excluding hydrogens is 636 g/mol. The molecule has 13 heteroatoms. The highest BCUT2D eigenvalue weighted by Gasteiger charge is 2.33. The summed E-state index contributed by atoms with van der Waals surface area (Å²) in [5.41, 5.74) is 4.22. The van der Waals surface area contributed by atoms with Crippen LogP contribution in [0.5, 0.6) is 5.75 Å². The first-order valence-electron chi connectivity index (χ1n) is 16.2. The van der Waals surface area contributed by atoms with Gasteiger partial charge in [-0.15, -0.1) is 5.06 Å². The largest absolute Gasteiger partial charge is 0.569 e. The fourth-order valence-corrected chi connectivity index (χ4v) is 6.59. The van der Waals surface area contributed by atoms with Crippen LogP contribution >= 0.6 is 0 Å². The summed E-state index contributed by atoms with van der Waals surface area (Å²) in [7, 11) is 2.98. The molecule has 0 saturated carbocycles. The van der Waals surface area contributed by atoms with Crippen molar-refractivity contribution in [2.75, 3.05) is 14.1 Å². The minimum atomic E-state index is -1.61. The summed E-state index contributed by atoms with van der Waals surface area (Å²) in [6.45, 7) is 1.89. The molecule has 1 aliphatic heterocycles. The van der Waals surface area contributed by atoms with Gasteiger partial charge in [0.25, 0.3) is 11.8 Å². The number of hydroxylamine groups is 2. The Morgan fingerprint density at radius 2 is 1.28 bits per heavy atom. The number of hydrogen-bond donors (Lipinski definition) is 3. The summed E-state index contributed by atoms with van der Waals surface area (Å²) >= 11 is 0. The van der Waals surface area contributed by atoms with Crippen molar-refractivity contribution in [1.82, 2.24) is 14.9 Å². The van der Waals surface area contributed by atoms with Crippen LogP contribution in [0.1, 0.15) is 45.5 Å². The third kappa shape index (κ3) is 7.42. The van der Waals surface area contributed by atoms with Crippen LogP contribution in [-0.2, 0) is 40.6 Å². The second-order valence-electron chi connectivity index (χ2n) is 12.5. The number of benzene rings is 5. The Balaban J connectivity index is 1.43. The maximum absolute atomic E-state index is 13.4. The molecule has 1 radical (unpaired) electrons. The SMILES string of the molecule is CN(Cc1ccccc1O[B]O)Cc1c2ccccc2c(CN(C)Cc2ccccc2B(O)O)c2cc(C(=O)ON3C(=O)CCC3=O)ccc12. The van der Waals surface area contributed by atoms with Crippen molar-refractivity contribution in [1.29, 1.82) is 0 Å². The lowest BCUT2D eigenvalue weighted by molar-refractivity contribution is -0.172. The third-order valence-electron chi connectivity index (χ3n) is 8.88. The summed E-state index contributed by atoms with van der Waals surface area (Å²) in [6, 6.07) is 27.9. The van der Waals surface area contributed by atoms with E-state index >= 15 is 0 Å². The Morgan fingerprint density at radius 3 is 1.92 bits per heavy atom. The molecule has 5 aromatic carbocycles. The molecule has 2 amide bonds. The van der Waals surface area contributed by atoms with Crippen molar-refractivity contribution in [2.45, 2.75) is 39.0 Å². The van der Waals surface area contributed by atoms with Crippen LogP contribution in [-0.4, -0.2) is 76.6 Å². The number of fused-ring (bicyclic) bond motifs is 2. The van der Waals surface area contributed by atoms with Crippen LogP contribution in [0.4, 0.5) is 0 Å². The van der Waals surface area contributed by atoms with Crippen molar-refractivity contribution in [3.05, 3.63) is 119 Å². The van der Waals surface area contributed by atoms with Gasteiger partial charge in [-0.2, -0.15) is 0 Å². The molecule has 0 bridgehead atoms. The predicted octanol–water partition coefficient (Wildman–Crippen LogP) is 3.06. The lowest BCUT2D eigenvalue weighted by Gasteiger charge is -2.25. The molecule has 0 aliphatic carbocycles. The lowest BCUT2D eigenvalue weighted by Crippen LogP contribution is -2.35. The molecule has 50 heavy (non-hydrogen) atoms. The number of nitrogens with zero attached hydrogens (tertiary/aromatic N) is 3. The van der Waals surface area contributed by atoms with E-state index in [9.17, 15) is 29.5 Å². The second kappa shape index (κ2) is 15.2. The Bertz CT molecular complexity index is 2060. The quantitative estimate of drug-likeness (QED) is 0.0972. The minimum Gasteiger partial charge on any atom is -0.537 e. The number of rotatable bonds is 13. The summed E-state index contributed by atoms with van der Waals surface area (Å²) in [6.07, 6.45) is -0.0110. The standard InChI is InChI=1S/C37H36B2N3O8/c1-40(20-25-9-3-7-13-33(25)39(47)48)23-32-28-12-6-5-11-27(28)31(22-41(2)21-26-10-4-8-14-34(26)49-38-46)29-16-15-24(19-30(29)32)37(45)50-42-35(43)17-18-36(42)44/h3-16,19,46-48H,17-18,20-23H2,1-2H3.